The number of aromatic nitrogens is 1. The van der Waals surface area contributed by atoms with Crippen LogP contribution in [0.25, 0.3) is 11.3 Å². The van der Waals surface area contributed by atoms with E-state index in [0.29, 0.717) is 0 Å². The van der Waals surface area contributed by atoms with Crippen LogP contribution in [0.4, 0.5) is 0 Å². The van der Waals surface area contributed by atoms with Gasteiger partial charge in [-0.1, -0.05) is 12.1 Å². The van der Waals surface area contributed by atoms with Crippen LogP contribution in [0.15, 0.2) is 30.5 Å². The minimum absolute atomic E-state index is 1.30. The van der Waals surface area contributed by atoms with Crippen molar-refractivity contribution in [2.24, 2.45) is 7.05 Å². The predicted octanol–water partition coefficient (Wildman–Crippen LogP) is 3.41. The van der Waals surface area contributed by atoms with Gasteiger partial charge in [-0.15, -0.1) is 0 Å². The Bertz CT molecular complexity index is 545. The lowest BCUT2D eigenvalue weighted by Gasteiger charge is -2.09. The van der Waals surface area contributed by atoms with Gasteiger partial charge in [0.15, 0.2) is 6.20 Å². The minimum Gasteiger partial charge on any atom is -0.201 e. The van der Waals surface area contributed by atoms with E-state index in [-0.39, 0.29) is 0 Å². The number of hydrogen-bond donors (Lipinski definition) is 0. The molecule has 0 spiro atoms. The number of hydrogen-bond acceptors (Lipinski definition) is 0. The zero-order valence-electron chi connectivity index (χ0n) is 11.3. The van der Waals surface area contributed by atoms with Gasteiger partial charge >= 0.3 is 0 Å². The molecule has 1 heteroatoms. The first-order chi connectivity index (χ1) is 8.00. The van der Waals surface area contributed by atoms with Crippen LogP contribution in [0.1, 0.15) is 22.3 Å². The Hall–Kier alpha value is -1.63. The molecule has 88 valence electrons. The molecule has 0 saturated heterocycles. The summed E-state index contributed by atoms with van der Waals surface area (Å²) in [5.74, 6) is 0. The fourth-order valence-electron chi connectivity index (χ4n) is 2.51. The van der Waals surface area contributed by atoms with Gasteiger partial charge in [0.1, 0.15) is 7.05 Å². The summed E-state index contributed by atoms with van der Waals surface area (Å²) in [6.45, 7) is 8.69. The Kier molecular flexibility index (Phi) is 3.01. The maximum atomic E-state index is 2.25. The third kappa shape index (κ3) is 2.10. The highest BCUT2D eigenvalue weighted by atomic mass is 14.9. The number of pyridine rings is 1. The van der Waals surface area contributed by atoms with Crippen molar-refractivity contribution in [2.75, 3.05) is 0 Å². The first kappa shape index (κ1) is 11.8. The number of nitrogens with zero attached hydrogens (tertiary/aromatic N) is 1. The van der Waals surface area contributed by atoms with Gasteiger partial charge in [-0.2, -0.15) is 0 Å². The van der Waals surface area contributed by atoms with Crippen molar-refractivity contribution < 1.29 is 4.57 Å². The van der Waals surface area contributed by atoms with Gasteiger partial charge in [-0.3, -0.25) is 0 Å². The van der Waals surface area contributed by atoms with E-state index in [2.05, 4.69) is 69.8 Å². The molecule has 1 heterocycles. The van der Waals surface area contributed by atoms with E-state index >= 15 is 0 Å². The first-order valence-electron chi connectivity index (χ1n) is 6.04. The van der Waals surface area contributed by atoms with Crippen LogP contribution < -0.4 is 4.57 Å². The Morgan fingerprint density at radius 3 is 2.29 bits per heavy atom. The average Bonchev–Trinajstić information content (AvgIpc) is 2.23. The summed E-state index contributed by atoms with van der Waals surface area (Å²) in [7, 11) is 2.12. The average molecular weight is 226 g/mol. The lowest BCUT2D eigenvalue weighted by molar-refractivity contribution is -0.661. The molecule has 0 radical (unpaired) electrons. The molecule has 17 heavy (non-hydrogen) atoms. The highest BCUT2D eigenvalue weighted by molar-refractivity contribution is 5.65. The summed E-state index contributed by atoms with van der Waals surface area (Å²) < 4.78 is 2.23. The van der Waals surface area contributed by atoms with Crippen molar-refractivity contribution in [3.8, 4) is 11.3 Å². The zero-order valence-corrected chi connectivity index (χ0v) is 11.3. The molecule has 2 aromatic rings. The molecule has 1 aromatic heterocycles. The second-order valence-electron chi connectivity index (χ2n) is 4.91. The molecule has 1 nitrogen and oxygen atoms in total. The van der Waals surface area contributed by atoms with Crippen molar-refractivity contribution in [3.63, 3.8) is 0 Å². The lowest BCUT2D eigenvalue weighted by Crippen LogP contribution is -2.32. The Morgan fingerprint density at radius 2 is 1.65 bits per heavy atom. The fraction of sp³-hybridized carbons (Fsp3) is 0.312. The highest BCUT2D eigenvalue weighted by Gasteiger charge is 2.16. The molecule has 0 amide bonds. The van der Waals surface area contributed by atoms with Gasteiger partial charge in [-0.25, -0.2) is 4.57 Å². The van der Waals surface area contributed by atoms with E-state index in [1.165, 1.54) is 33.5 Å². The molecule has 1 aromatic carbocycles. The largest absolute Gasteiger partial charge is 0.215 e. The molecule has 0 bridgehead atoms. The molecule has 0 aliphatic carbocycles. The zero-order chi connectivity index (χ0) is 12.6. The molecular weight excluding hydrogens is 206 g/mol. The number of aryl methyl sites for hydroxylation is 4. The van der Waals surface area contributed by atoms with E-state index in [0.717, 1.165) is 0 Å². The van der Waals surface area contributed by atoms with Gasteiger partial charge < -0.3 is 0 Å². The van der Waals surface area contributed by atoms with Gasteiger partial charge in [0, 0.05) is 16.7 Å². The smallest absolute Gasteiger partial charge is 0.201 e. The Labute approximate surface area is 104 Å². The molecule has 0 aliphatic heterocycles. The van der Waals surface area contributed by atoms with Crippen molar-refractivity contribution in [1.82, 2.24) is 0 Å². The number of rotatable bonds is 1. The molecule has 2 rings (SSSR count). The monoisotopic (exact) mass is 226 g/mol. The normalized spacial score (nSPS) is 10.6. The van der Waals surface area contributed by atoms with Crippen molar-refractivity contribution >= 4 is 0 Å². The topological polar surface area (TPSA) is 3.88 Å². The SMILES string of the molecule is Cc1cc(C)c(-c2cccc(C)c2C)[n+](C)c1. The van der Waals surface area contributed by atoms with Gasteiger partial charge in [0.25, 0.3) is 0 Å². The van der Waals surface area contributed by atoms with Crippen molar-refractivity contribution in [1.29, 1.82) is 0 Å². The highest BCUT2D eigenvalue weighted by Crippen LogP contribution is 2.25. The Morgan fingerprint density at radius 1 is 0.941 bits per heavy atom. The first-order valence-corrected chi connectivity index (χ1v) is 6.04. The van der Waals surface area contributed by atoms with Gasteiger partial charge in [-0.05, 0) is 51.0 Å². The molecule has 0 aliphatic rings. The molecule has 0 saturated carbocycles. The maximum Gasteiger partial charge on any atom is 0.215 e. The summed E-state index contributed by atoms with van der Waals surface area (Å²) in [6, 6.07) is 8.76. The summed E-state index contributed by atoms with van der Waals surface area (Å²) in [5.41, 5.74) is 8.01. The van der Waals surface area contributed by atoms with Gasteiger partial charge in [0.05, 0.1) is 0 Å². The van der Waals surface area contributed by atoms with E-state index in [4.69, 9.17) is 0 Å². The summed E-state index contributed by atoms with van der Waals surface area (Å²) in [5, 5.41) is 0. The molecule has 0 atom stereocenters. The predicted molar refractivity (Wildman–Crippen MR) is 72.0 cm³/mol. The molecule has 0 fully saturated rings. The van der Waals surface area contributed by atoms with E-state index < -0.39 is 0 Å². The van der Waals surface area contributed by atoms with Crippen LogP contribution in [0.3, 0.4) is 0 Å². The second-order valence-corrected chi connectivity index (χ2v) is 4.91. The van der Waals surface area contributed by atoms with Crippen LogP contribution in [0, 0.1) is 27.7 Å². The van der Waals surface area contributed by atoms with Crippen LogP contribution >= 0.6 is 0 Å². The van der Waals surface area contributed by atoms with Crippen LogP contribution in [-0.2, 0) is 7.05 Å². The molecule has 0 N–H and O–H groups in total. The minimum atomic E-state index is 1.30. The van der Waals surface area contributed by atoms with E-state index in [9.17, 15) is 0 Å². The number of benzene rings is 1. The van der Waals surface area contributed by atoms with E-state index in [1.54, 1.807) is 0 Å². The maximum absolute atomic E-state index is 2.25. The van der Waals surface area contributed by atoms with E-state index in [1.807, 2.05) is 0 Å². The summed E-state index contributed by atoms with van der Waals surface area (Å²) >= 11 is 0. The van der Waals surface area contributed by atoms with Crippen LogP contribution in [0.5, 0.6) is 0 Å². The standard InChI is InChI=1S/C16H20N/c1-11-9-13(3)16(17(5)10-11)15-8-6-7-12(2)14(15)4/h6-10H,1-5H3/q+1. The van der Waals surface area contributed by atoms with Crippen molar-refractivity contribution in [3.05, 3.63) is 52.7 Å². The summed E-state index contributed by atoms with van der Waals surface area (Å²) in [6.07, 6.45) is 2.18. The third-order valence-corrected chi connectivity index (χ3v) is 3.43. The Balaban J connectivity index is 2.73. The second kappa shape index (κ2) is 4.33. The molecule has 0 unspecified atom stereocenters. The third-order valence-electron chi connectivity index (χ3n) is 3.43. The quantitative estimate of drug-likeness (QED) is 0.656. The summed E-state index contributed by atoms with van der Waals surface area (Å²) in [4.78, 5) is 0. The van der Waals surface area contributed by atoms with Crippen molar-refractivity contribution in [2.45, 2.75) is 27.7 Å². The molecular formula is C16H20N+. The van der Waals surface area contributed by atoms with Crippen LogP contribution in [-0.4, -0.2) is 0 Å². The fourth-order valence-corrected chi connectivity index (χ4v) is 2.51. The van der Waals surface area contributed by atoms with Crippen LogP contribution in [0.2, 0.25) is 0 Å². The van der Waals surface area contributed by atoms with Gasteiger partial charge in [0.2, 0.25) is 5.69 Å². The lowest BCUT2D eigenvalue weighted by atomic mass is 9.97.